The van der Waals surface area contributed by atoms with Crippen molar-refractivity contribution in [1.82, 2.24) is 15.5 Å². The number of benzene rings is 2. The molecule has 0 saturated heterocycles. The third-order valence-electron chi connectivity index (χ3n) is 4.79. The Morgan fingerprint density at radius 2 is 1.77 bits per heavy atom. The summed E-state index contributed by atoms with van der Waals surface area (Å²) in [4.78, 5) is 15.1. The number of rotatable bonds is 5. The van der Waals surface area contributed by atoms with E-state index in [2.05, 4.69) is 27.6 Å². The summed E-state index contributed by atoms with van der Waals surface area (Å²) in [5.74, 6) is -0.0478. The molecule has 1 aliphatic rings. The zero-order valence-corrected chi connectivity index (χ0v) is 14.6. The number of nitrogens with one attached hydrogen (secondary N) is 2. The highest BCUT2D eigenvalue weighted by Crippen LogP contribution is 2.21. The summed E-state index contributed by atoms with van der Waals surface area (Å²) < 4.78 is 0. The second kappa shape index (κ2) is 7.54. The molecule has 26 heavy (non-hydrogen) atoms. The molecule has 0 radical (unpaired) electrons. The molecule has 0 saturated carbocycles. The minimum absolute atomic E-state index is 0.0478. The van der Waals surface area contributed by atoms with Crippen LogP contribution >= 0.6 is 0 Å². The van der Waals surface area contributed by atoms with Gasteiger partial charge in [-0.2, -0.15) is 5.10 Å². The molecule has 2 aromatic carbocycles. The fraction of sp³-hybridized carbons (Fsp3) is 0.238. The van der Waals surface area contributed by atoms with Gasteiger partial charge in [-0.05, 0) is 24.1 Å². The molecule has 2 N–H and O–H groups in total. The van der Waals surface area contributed by atoms with Crippen molar-refractivity contribution in [3.8, 4) is 0 Å². The maximum Gasteiger partial charge on any atom is 0.279 e. The van der Waals surface area contributed by atoms with Gasteiger partial charge in [0.1, 0.15) is 0 Å². The molecule has 2 heterocycles. The Bertz CT molecular complexity index is 874. The average molecular weight is 346 g/mol. The molecule has 0 aliphatic carbocycles. The lowest BCUT2D eigenvalue weighted by atomic mass is 10.1. The van der Waals surface area contributed by atoms with E-state index in [4.69, 9.17) is 0 Å². The van der Waals surface area contributed by atoms with E-state index in [-0.39, 0.29) is 5.91 Å². The minimum Gasteiger partial charge on any atom is -0.312 e. The van der Waals surface area contributed by atoms with Gasteiger partial charge in [-0.1, -0.05) is 48.5 Å². The lowest BCUT2D eigenvalue weighted by Gasteiger charge is -2.23. The largest absolute Gasteiger partial charge is 0.312 e. The van der Waals surface area contributed by atoms with Crippen molar-refractivity contribution < 1.29 is 4.79 Å². The zero-order chi connectivity index (χ0) is 17.8. The van der Waals surface area contributed by atoms with Crippen molar-refractivity contribution in [3.05, 3.63) is 83.2 Å². The molecule has 132 valence electrons. The van der Waals surface area contributed by atoms with Crippen LogP contribution in [0, 0.1) is 0 Å². The molecule has 5 heteroatoms. The third kappa shape index (κ3) is 3.39. The van der Waals surface area contributed by atoms with Crippen LogP contribution in [0.15, 0.2) is 60.7 Å². The van der Waals surface area contributed by atoms with Gasteiger partial charge < -0.3 is 10.2 Å². The standard InChI is InChI=1S/C21H22N4O/c26-21(20-18-15-22-13-11-19(18)23-24-20)25(17-9-5-2-6-10-17)14-12-16-7-3-1-4-8-16/h1-10,22H,11-15H2,(H,23,24). The number of fused-ring (bicyclic) bond motifs is 1. The van der Waals surface area contributed by atoms with Crippen LogP contribution in [0.5, 0.6) is 0 Å². The third-order valence-corrected chi connectivity index (χ3v) is 4.79. The van der Waals surface area contributed by atoms with Crippen LogP contribution in [0.4, 0.5) is 5.69 Å². The number of hydrogen-bond acceptors (Lipinski definition) is 3. The summed E-state index contributed by atoms with van der Waals surface area (Å²) in [6.45, 7) is 2.22. The SMILES string of the molecule is O=C(c1n[nH]c2c1CNCC2)N(CCc1ccccc1)c1ccccc1. The highest BCUT2D eigenvalue weighted by atomic mass is 16.2. The van der Waals surface area contributed by atoms with Crippen LogP contribution in [0.3, 0.4) is 0 Å². The average Bonchev–Trinajstić information content (AvgIpc) is 3.14. The molecule has 5 nitrogen and oxygen atoms in total. The highest BCUT2D eigenvalue weighted by Gasteiger charge is 2.26. The second-order valence-electron chi connectivity index (χ2n) is 6.48. The van der Waals surface area contributed by atoms with E-state index in [9.17, 15) is 4.79 Å². The first-order chi connectivity index (χ1) is 12.8. The van der Waals surface area contributed by atoms with Gasteiger partial charge in [0.05, 0.1) is 0 Å². The van der Waals surface area contributed by atoms with E-state index >= 15 is 0 Å². The van der Waals surface area contributed by atoms with Gasteiger partial charge in [0.2, 0.25) is 0 Å². The summed E-state index contributed by atoms with van der Waals surface area (Å²) in [7, 11) is 0. The number of carbonyl (C=O) groups is 1. The molecule has 0 bridgehead atoms. The van der Waals surface area contributed by atoms with E-state index in [1.165, 1.54) is 5.56 Å². The minimum atomic E-state index is -0.0478. The van der Waals surface area contributed by atoms with E-state index in [0.717, 1.165) is 36.3 Å². The van der Waals surface area contributed by atoms with E-state index in [1.54, 1.807) is 0 Å². The van der Waals surface area contributed by atoms with Crippen molar-refractivity contribution in [2.75, 3.05) is 18.0 Å². The molecule has 0 atom stereocenters. The zero-order valence-electron chi connectivity index (χ0n) is 14.6. The molecular weight excluding hydrogens is 324 g/mol. The fourth-order valence-corrected chi connectivity index (χ4v) is 3.37. The number of amides is 1. The smallest absolute Gasteiger partial charge is 0.279 e. The van der Waals surface area contributed by atoms with Crippen molar-refractivity contribution in [2.24, 2.45) is 0 Å². The maximum absolute atomic E-state index is 13.3. The van der Waals surface area contributed by atoms with Crippen molar-refractivity contribution in [1.29, 1.82) is 0 Å². The lowest BCUT2D eigenvalue weighted by molar-refractivity contribution is 0.0981. The van der Waals surface area contributed by atoms with E-state index < -0.39 is 0 Å². The summed E-state index contributed by atoms with van der Waals surface area (Å²) in [6.07, 6.45) is 1.68. The van der Waals surface area contributed by atoms with Gasteiger partial charge in [0.25, 0.3) is 5.91 Å². The van der Waals surface area contributed by atoms with Gasteiger partial charge in [-0.15, -0.1) is 0 Å². The van der Waals surface area contributed by atoms with Crippen molar-refractivity contribution in [2.45, 2.75) is 19.4 Å². The number of nitrogens with zero attached hydrogens (tertiary/aromatic N) is 2. The quantitative estimate of drug-likeness (QED) is 0.747. The topological polar surface area (TPSA) is 61.0 Å². The molecular formula is C21H22N4O. The number of anilines is 1. The Morgan fingerprint density at radius 3 is 2.54 bits per heavy atom. The molecule has 1 amide bonds. The number of H-pyrrole nitrogens is 1. The molecule has 3 aromatic rings. The predicted octanol–water partition coefficient (Wildman–Crippen LogP) is 2.94. The summed E-state index contributed by atoms with van der Waals surface area (Å²) in [6, 6.07) is 20.1. The fourth-order valence-electron chi connectivity index (χ4n) is 3.37. The summed E-state index contributed by atoms with van der Waals surface area (Å²) >= 11 is 0. The number of carbonyl (C=O) groups excluding carboxylic acids is 1. The summed E-state index contributed by atoms with van der Waals surface area (Å²) in [5.41, 5.74) is 4.72. The predicted molar refractivity (Wildman–Crippen MR) is 102 cm³/mol. The lowest BCUT2D eigenvalue weighted by Crippen LogP contribution is -2.34. The Kier molecular flexibility index (Phi) is 4.80. The van der Waals surface area contributed by atoms with Gasteiger partial charge >= 0.3 is 0 Å². The van der Waals surface area contributed by atoms with Crippen LogP contribution in [0.1, 0.15) is 27.3 Å². The molecule has 1 aromatic heterocycles. The number of aromatic nitrogens is 2. The molecule has 1 aliphatic heterocycles. The molecule has 0 spiro atoms. The highest BCUT2D eigenvalue weighted by molar-refractivity contribution is 6.05. The monoisotopic (exact) mass is 346 g/mol. The number of aromatic amines is 1. The van der Waals surface area contributed by atoms with E-state index in [1.807, 2.05) is 53.4 Å². The summed E-state index contributed by atoms with van der Waals surface area (Å²) in [5, 5.41) is 10.7. The van der Waals surface area contributed by atoms with Gasteiger partial charge in [0, 0.05) is 43.0 Å². The van der Waals surface area contributed by atoms with Crippen LogP contribution in [0.25, 0.3) is 0 Å². The number of para-hydroxylation sites is 1. The van der Waals surface area contributed by atoms with Crippen LogP contribution in [-0.2, 0) is 19.4 Å². The van der Waals surface area contributed by atoms with Gasteiger partial charge in [0.15, 0.2) is 5.69 Å². The first-order valence-electron chi connectivity index (χ1n) is 9.00. The molecule has 0 unspecified atom stereocenters. The van der Waals surface area contributed by atoms with Gasteiger partial charge in [-0.25, -0.2) is 0 Å². The molecule has 0 fully saturated rings. The Morgan fingerprint density at radius 1 is 1.04 bits per heavy atom. The Balaban J connectivity index is 1.62. The van der Waals surface area contributed by atoms with Crippen molar-refractivity contribution in [3.63, 3.8) is 0 Å². The maximum atomic E-state index is 13.3. The van der Waals surface area contributed by atoms with Crippen molar-refractivity contribution >= 4 is 11.6 Å². The Hall–Kier alpha value is -2.92. The van der Waals surface area contributed by atoms with Gasteiger partial charge in [-0.3, -0.25) is 9.89 Å². The Labute approximate surface area is 153 Å². The first kappa shape index (κ1) is 16.5. The number of hydrogen-bond donors (Lipinski definition) is 2. The van der Waals surface area contributed by atoms with Crippen LogP contribution in [0.2, 0.25) is 0 Å². The second-order valence-corrected chi connectivity index (χ2v) is 6.48. The van der Waals surface area contributed by atoms with Crippen LogP contribution in [-0.4, -0.2) is 29.2 Å². The molecule has 4 rings (SSSR count). The normalized spacial score (nSPS) is 13.2. The first-order valence-corrected chi connectivity index (χ1v) is 9.00. The van der Waals surface area contributed by atoms with E-state index in [0.29, 0.717) is 18.8 Å². The van der Waals surface area contributed by atoms with Crippen LogP contribution < -0.4 is 10.2 Å².